The lowest BCUT2D eigenvalue weighted by Gasteiger charge is -2.17. The summed E-state index contributed by atoms with van der Waals surface area (Å²) >= 11 is 0. The molecule has 100 valence electrons. The predicted octanol–water partition coefficient (Wildman–Crippen LogP) is 2.49. The lowest BCUT2D eigenvalue weighted by molar-refractivity contribution is 0.0512. The molecule has 0 atom stereocenters. The van der Waals surface area contributed by atoms with Crippen molar-refractivity contribution in [3.63, 3.8) is 0 Å². The van der Waals surface area contributed by atoms with E-state index in [0.717, 1.165) is 4.90 Å². The first kappa shape index (κ1) is 14.3. The van der Waals surface area contributed by atoms with E-state index in [1.54, 1.807) is 0 Å². The molecule has 1 aromatic carbocycles. The summed E-state index contributed by atoms with van der Waals surface area (Å²) in [4.78, 5) is 12.1. The highest BCUT2D eigenvalue weighted by molar-refractivity contribution is 5.90. The Balaban J connectivity index is 3.53. The molecule has 0 aromatic heterocycles. The summed E-state index contributed by atoms with van der Waals surface area (Å²) in [6.07, 6.45) is 0. The third-order valence-corrected chi connectivity index (χ3v) is 2.17. The smallest absolute Gasteiger partial charge is 0.344 e. The fraction of sp³-hybridized carbons (Fsp3) is 0.364. The van der Waals surface area contributed by atoms with Crippen LogP contribution >= 0.6 is 0 Å². The summed E-state index contributed by atoms with van der Waals surface area (Å²) in [7, 11) is 2.43. The summed E-state index contributed by atoms with van der Waals surface area (Å²) in [6.45, 7) is 1.23. The molecule has 18 heavy (non-hydrogen) atoms. The van der Waals surface area contributed by atoms with Crippen LogP contribution in [0.2, 0.25) is 0 Å². The van der Waals surface area contributed by atoms with Gasteiger partial charge in [0.1, 0.15) is 11.3 Å². The molecule has 0 aliphatic heterocycles. The summed E-state index contributed by atoms with van der Waals surface area (Å²) in [5.74, 6) is -8.26. The minimum Gasteiger partial charge on any atom is -0.462 e. The maximum absolute atomic E-state index is 13.5. The summed E-state index contributed by atoms with van der Waals surface area (Å²) in [5.41, 5.74) is -2.25. The van der Waals surface area contributed by atoms with E-state index in [1.807, 2.05) is 0 Å². The second-order valence-corrected chi connectivity index (χ2v) is 3.59. The first-order chi connectivity index (χ1) is 8.32. The molecule has 0 bridgehead atoms. The number of esters is 1. The van der Waals surface area contributed by atoms with Crippen LogP contribution in [0.4, 0.5) is 23.2 Å². The van der Waals surface area contributed by atoms with E-state index in [2.05, 4.69) is 4.74 Å². The van der Waals surface area contributed by atoms with E-state index in [9.17, 15) is 22.4 Å². The van der Waals surface area contributed by atoms with Gasteiger partial charge >= 0.3 is 5.97 Å². The Hall–Kier alpha value is -1.79. The highest BCUT2D eigenvalue weighted by Gasteiger charge is 2.30. The number of hydrogen-bond acceptors (Lipinski definition) is 3. The van der Waals surface area contributed by atoms with Gasteiger partial charge in [0.25, 0.3) is 0 Å². The molecule has 0 unspecified atom stereocenters. The maximum atomic E-state index is 13.5. The minimum absolute atomic E-state index is 0.170. The van der Waals surface area contributed by atoms with Crippen molar-refractivity contribution in [2.24, 2.45) is 0 Å². The molecule has 7 heteroatoms. The molecule has 0 radical (unpaired) electrons. The quantitative estimate of drug-likeness (QED) is 0.477. The zero-order chi connectivity index (χ0) is 14.0. The Labute approximate surface area is 101 Å². The van der Waals surface area contributed by atoms with Crippen LogP contribution in [0.15, 0.2) is 0 Å². The lowest BCUT2D eigenvalue weighted by atomic mass is 10.1. The predicted molar refractivity (Wildman–Crippen MR) is 56.6 cm³/mol. The van der Waals surface area contributed by atoms with Crippen LogP contribution in [0.5, 0.6) is 0 Å². The van der Waals surface area contributed by atoms with Crippen molar-refractivity contribution in [1.82, 2.24) is 0 Å². The normalized spacial score (nSPS) is 10.4. The van der Waals surface area contributed by atoms with Crippen molar-refractivity contribution in [3.8, 4) is 0 Å². The molecule has 0 amide bonds. The molecule has 1 aromatic rings. The second kappa shape index (κ2) is 5.24. The number of halogens is 4. The van der Waals surface area contributed by atoms with Crippen LogP contribution in [-0.4, -0.2) is 26.7 Å². The number of carbonyl (C=O) groups is 1. The summed E-state index contributed by atoms with van der Waals surface area (Å²) < 4.78 is 58.4. The largest absolute Gasteiger partial charge is 0.462 e. The van der Waals surface area contributed by atoms with Gasteiger partial charge in [-0.1, -0.05) is 0 Å². The van der Waals surface area contributed by atoms with Crippen LogP contribution in [-0.2, 0) is 4.74 Å². The maximum Gasteiger partial charge on any atom is 0.344 e. The van der Waals surface area contributed by atoms with Gasteiger partial charge in [-0.05, 0) is 6.92 Å². The molecule has 0 fully saturated rings. The van der Waals surface area contributed by atoms with Crippen molar-refractivity contribution in [2.75, 3.05) is 25.6 Å². The molecular formula is C11H11F4NO2. The first-order valence-corrected chi connectivity index (χ1v) is 5.03. The molecular weight excluding hydrogens is 254 g/mol. The van der Waals surface area contributed by atoms with Crippen molar-refractivity contribution in [3.05, 3.63) is 28.8 Å². The van der Waals surface area contributed by atoms with E-state index >= 15 is 0 Å². The van der Waals surface area contributed by atoms with Crippen LogP contribution < -0.4 is 4.90 Å². The number of rotatable bonds is 3. The van der Waals surface area contributed by atoms with E-state index in [0.29, 0.717) is 0 Å². The zero-order valence-electron chi connectivity index (χ0n) is 9.98. The van der Waals surface area contributed by atoms with Gasteiger partial charge in [-0.15, -0.1) is 0 Å². The topological polar surface area (TPSA) is 29.5 Å². The Morgan fingerprint density at radius 1 is 1.06 bits per heavy atom. The van der Waals surface area contributed by atoms with E-state index in [1.165, 1.54) is 21.0 Å². The first-order valence-electron chi connectivity index (χ1n) is 5.03. The number of benzene rings is 1. The molecule has 0 spiro atoms. The average molecular weight is 265 g/mol. The Bertz CT molecular complexity index is 459. The van der Waals surface area contributed by atoms with E-state index < -0.39 is 40.5 Å². The average Bonchev–Trinajstić information content (AvgIpc) is 2.27. The van der Waals surface area contributed by atoms with Gasteiger partial charge in [0, 0.05) is 14.1 Å². The number of nitrogens with zero attached hydrogens (tertiary/aromatic N) is 1. The van der Waals surface area contributed by atoms with Crippen molar-refractivity contribution < 1.29 is 27.1 Å². The highest BCUT2D eigenvalue weighted by atomic mass is 19.2. The molecule has 1 rings (SSSR count). The Morgan fingerprint density at radius 2 is 1.50 bits per heavy atom. The molecule has 0 saturated heterocycles. The molecule has 0 saturated carbocycles. The number of anilines is 1. The number of ether oxygens (including phenoxy) is 1. The van der Waals surface area contributed by atoms with Crippen LogP contribution in [0, 0.1) is 23.3 Å². The SMILES string of the molecule is CCOC(=O)c1c(F)c(F)c(N(C)C)c(F)c1F. The van der Waals surface area contributed by atoms with Gasteiger partial charge in [-0.3, -0.25) is 0 Å². The standard InChI is InChI=1S/C11H11F4NO2/c1-4-18-11(17)5-6(12)8(14)10(16(2)3)9(15)7(5)13/h4H2,1-3H3. The fourth-order valence-corrected chi connectivity index (χ4v) is 1.40. The van der Waals surface area contributed by atoms with E-state index in [4.69, 9.17) is 0 Å². The Morgan fingerprint density at radius 3 is 1.83 bits per heavy atom. The van der Waals surface area contributed by atoms with Gasteiger partial charge in [0.15, 0.2) is 23.3 Å². The molecule has 3 nitrogen and oxygen atoms in total. The van der Waals surface area contributed by atoms with Crippen LogP contribution in [0.25, 0.3) is 0 Å². The van der Waals surface area contributed by atoms with Gasteiger partial charge in [-0.2, -0.15) is 0 Å². The summed E-state index contributed by atoms with van der Waals surface area (Å²) in [6, 6.07) is 0. The van der Waals surface area contributed by atoms with Crippen LogP contribution in [0.3, 0.4) is 0 Å². The van der Waals surface area contributed by atoms with E-state index in [-0.39, 0.29) is 6.61 Å². The lowest BCUT2D eigenvalue weighted by Crippen LogP contribution is -2.19. The van der Waals surface area contributed by atoms with Crippen molar-refractivity contribution in [2.45, 2.75) is 6.92 Å². The second-order valence-electron chi connectivity index (χ2n) is 3.59. The van der Waals surface area contributed by atoms with Crippen molar-refractivity contribution >= 4 is 11.7 Å². The van der Waals surface area contributed by atoms with Crippen LogP contribution in [0.1, 0.15) is 17.3 Å². The third kappa shape index (κ3) is 2.25. The molecule has 0 aliphatic carbocycles. The van der Waals surface area contributed by atoms with Gasteiger partial charge in [0.05, 0.1) is 6.61 Å². The van der Waals surface area contributed by atoms with Gasteiger partial charge in [-0.25, -0.2) is 22.4 Å². The monoisotopic (exact) mass is 265 g/mol. The molecule has 0 aliphatic rings. The zero-order valence-corrected chi connectivity index (χ0v) is 9.98. The van der Waals surface area contributed by atoms with Crippen molar-refractivity contribution in [1.29, 1.82) is 0 Å². The molecule has 0 N–H and O–H groups in total. The number of hydrogen-bond donors (Lipinski definition) is 0. The van der Waals surface area contributed by atoms with Gasteiger partial charge < -0.3 is 9.64 Å². The number of carbonyl (C=O) groups excluding carboxylic acids is 1. The minimum atomic E-state index is -1.77. The highest BCUT2D eigenvalue weighted by Crippen LogP contribution is 2.30. The van der Waals surface area contributed by atoms with Gasteiger partial charge in [0.2, 0.25) is 0 Å². The molecule has 0 heterocycles. The Kier molecular flexibility index (Phi) is 4.15. The fourth-order valence-electron chi connectivity index (χ4n) is 1.40. The third-order valence-electron chi connectivity index (χ3n) is 2.17. The summed E-state index contributed by atoms with van der Waals surface area (Å²) in [5, 5.41) is 0.